The topological polar surface area (TPSA) is 20.2 Å². The molecule has 1 N–H and O–H groups in total. The van der Waals surface area contributed by atoms with Crippen LogP contribution in [0.4, 0.5) is 0 Å². The first-order valence-electron chi connectivity index (χ1n) is 4.28. The van der Waals surface area contributed by atoms with Crippen LogP contribution in [0.2, 0.25) is 5.02 Å². The minimum absolute atomic E-state index is 0.392. The van der Waals surface area contributed by atoms with Crippen LogP contribution in [-0.4, -0.2) is 5.11 Å². The number of hydrogen-bond acceptors (Lipinski definition) is 1. The van der Waals surface area contributed by atoms with Crippen LogP contribution >= 0.6 is 27.5 Å². The average Bonchev–Trinajstić information content (AvgIpc) is 2.04. The summed E-state index contributed by atoms with van der Waals surface area (Å²) in [5, 5.41) is 10.4. The molecule has 3 heteroatoms. The van der Waals surface area contributed by atoms with Gasteiger partial charge in [-0.05, 0) is 24.1 Å². The minimum atomic E-state index is -0.392. The van der Waals surface area contributed by atoms with E-state index in [9.17, 15) is 5.11 Å². The third kappa shape index (κ3) is 2.97. The Labute approximate surface area is 91.9 Å². The van der Waals surface area contributed by atoms with Crippen molar-refractivity contribution in [3.05, 3.63) is 33.3 Å². The maximum absolute atomic E-state index is 9.72. The summed E-state index contributed by atoms with van der Waals surface area (Å²) in [6, 6.07) is 5.45. The van der Waals surface area contributed by atoms with Gasteiger partial charge in [0.1, 0.15) is 0 Å². The van der Waals surface area contributed by atoms with Crippen LogP contribution in [-0.2, 0) is 0 Å². The molecule has 0 radical (unpaired) electrons. The molecule has 1 rings (SSSR count). The quantitative estimate of drug-likeness (QED) is 0.876. The van der Waals surface area contributed by atoms with Crippen LogP contribution in [0.3, 0.4) is 0 Å². The molecule has 1 atom stereocenters. The largest absolute Gasteiger partial charge is 0.388 e. The van der Waals surface area contributed by atoms with E-state index in [0.717, 1.165) is 22.9 Å². The van der Waals surface area contributed by atoms with Crippen molar-refractivity contribution in [3.63, 3.8) is 0 Å². The zero-order valence-electron chi connectivity index (χ0n) is 7.43. The summed E-state index contributed by atoms with van der Waals surface area (Å²) in [6.45, 7) is 2.05. The highest BCUT2D eigenvalue weighted by molar-refractivity contribution is 9.10. The van der Waals surface area contributed by atoms with E-state index in [-0.39, 0.29) is 0 Å². The first-order valence-corrected chi connectivity index (χ1v) is 5.45. The van der Waals surface area contributed by atoms with Crippen molar-refractivity contribution in [1.29, 1.82) is 0 Å². The van der Waals surface area contributed by atoms with Gasteiger partial charge in [-0.1, -0.05) is 46.9 Å². The van der Waals surface area contributed by atoms with Gasteiger partial charge in [0.2, 0.25) is 0 Å². The van der Waals surface area contributed by atoms with Crippen molar-refractivity contribution in [1.82, 2.24) is 0 Å². The van der Waals surface area contributed by atoms with E-state index in [1.54, 1.807) is 12.1 Å². The Morgan fingerprint density at radius 2 is 2.23 bits per heavy atom. The fraction of sp³-hybridized carbons (Fsp3) is 0.400. The lowest BCUT2D eigenvalue weighted by atomic mass is 10.1. The van der Waals surface area contributed by atoms with Crippen molar-refractivity contribution in [2.45, 2.75) is 25.9 Å². The van der Waals surface area contributed by atoms with E-state index in [1.165, 1.54) is 0 Å². The molecule has 0 heterocycles. The number of aliphatic hydroxyl groups is 1. The predicted molar refractivity (Wildman–Crippen MR) is 59.0 cm³/mol. The van der Waals surface area contributed by atoms with E-state index >= 15 is 0 Å². The zero-order valence-corrected chi connectivity index (χ0v) is 9.77. The average molecular weight is 264 g/mol. The number of aliphatic hydroxyl groups excluding tert-OH is 1. The summed E-state index contributed by atoms with van der Waals surface area (Å²) in [4.78, 5) is 0. The molecule has 0 aliphatic rings. The number of rotatable bonds is 3. The monoisotopic (exact) mass is 262 g/mol. The second-order valence-corrected chi connectivity index (χ2v) is 4.26. The molecular weight excluding hydrogens is 251 g/mol. The SMILES string of the molecule is CCC[C@@H](O)c1ccc(Cl)cc1Br. The smallest absolute Gasteiger partial charge is 0.0800 e. The Morgan fingerprint density at radius 3 is 2.77 bits per heavy atom. The van der Waals surface area contributed by atoms with Crippen LogP contribution in [0.1, 0.15) is 31.4 Å². The van der Waals surface area contributed by atoms with E-state index in [1.807, 2.05) is 13.0 Å². The summed E-state index contributed by atoms with van der Waals surface area (Å²) in [5.41, 5.74) is 0.909. The standard InChI is InChI=1S/C10H12BrClO/c1-2-3-10(13)8-5-4-7(12)6-9(8)11/h4-6,10,13H,2-3H2,1H3/t10-/m1/s1. The van der Waals surface area contributed by atoms with Gasteiger partial charge in [0.15, 0.2) is 0 Å². The zero-order chi connectivity index (χ0) is 9.84. The van der Waals surface area contributed by atoms with Gasteiger partial charge in [0.25, 0.3) is 0 Å². The van der Waals surface area contributed by atoms with Crippen LogP contribution in [0.25, 0.3) is 0 Å². The van der Waals surface area contributed by atoms with Gasteiger partial charge in [-0.3, -0.25) is 0 Å². The molecule has 13 heavy (non-hydrogen) atoms. The Balaban J connectivity index is 2.88. The van der Waals surface area contributed by atoms with E-state index in [2.05, 4.69) is 15.9 Å². The Morgan fingerprint density at radius 1 is 1.54 bits per heavy atom. The van der Waals surface area contributed by atoms with Crippen LogP contribution < -0.4 is 0 Å². The lowest BCUT2D eigenvalue weighted by Gasteiger charge is -2.11. The predicted octanol–water partition coefficient (Wildman–Crippen LogP) is 3.94. The molecule has 1 aromatic rings. The number of halogens is 2. The summed E-state index contributed by atoms with van der Waals surface area (Å²) in [7, 11) is 0. The molecule has 0 bridgehead atoms. The van der Waals surface area contributed by atoms with Gasteiger partial charge in [0.05, 0.1) is 6.10 Å². The van der Waals surface area contributed by atoms with Crippen molar-refractivity contribution >= 4 is 27.5 Å². The van der Waals surface area contributed by atoms with E-state index in [4.69, 9.17) is 11.6 Å². The molecule has 1 aromatic carbocycles. The first kappa shape index (κ1) is 11.0. The van der Waals surface area contributed by atoms with Gasteiger partial charge in [0, 0.05) is 9.50 Å². The van der Waals surface area contributed by atoms with Gasteiger partial charge < -0.3 is 5.11 Å². The molecule has 0 aliphatic carbocycles. The lowest BCUT2D eigenvalue weighted by molar-refractivity contribution is 0.166. The van der Waals surface area contributed by atoms with Crippen molar-refractivity contribution in [2.75, 3.05) is 0 Å². The fourth-order valence-corrected chi connectivity index (χ4v) is 2.15. The molecule has 0 saturated heterocycles. The lowest BCUT2D eigenvalue weighted by Crippen LogP contribution is -1.97. The Bertz CT molecular complexity index is 288. The van der Waals surface area contributed by atoms with E-state index < -0.39 is 6.10 Å². The van der Waals surface area contributed by atoms with Crippen molar-refractivity contribution in [2.24, 2.45) is 0 Å². The summed E-state index contributed by atoms with van der Waals surface area (Å²) in [5.74, 6) is 0. The Hall–Kier alpha value is -0.0500. The van der Waals surface area contributed by atoms with Crippen LogP contribution in [0.15, 0.2) is 22.7 Å². The molecule has 0 fully saturated rings. The summed E-state index contributed by atoms with van der Waals surface area (Å²) >= 11 is 9.16. The van der Waals surface area contributed by atoms with Gasteiger partial charge in [-0.25, -0.2) is 0 Å². The normalized spacial score (nSPS) is 12.9. The maximum Gasteiger partial charge on any atom is 0.0800 e. The summed E-state index contributed by atoms with van der Waals surface area (Å²) < 4.78 is 0.876. The number of benzene rings is 1. The molecule has 0 aromatic heterocycles. The van der Waals surface area contributed by atoms with Crippen molar-refractivity contribution < 1.29 is 5.11 Å². The maximum atomic E-state index is 9.72. The van der Waals surface area contributed by atoms with Gasteiger partial charge >= 0.3 is 0 Å². The summed E-state index contributed by atoms with van der Waals surface area (Å²) in [6.07, 6.45) is 1.35. The highest BCUT2D eigenvalue weighted by atomic mass is 79.9. The van der Waals surface area contributed by atoms with Gasteiger partial charge in [-0.2, -0.15) is 0 Å². The van der Waals surface area contributed by atoms with Crippen molar-refractivity contribution in [3.8, 4) is 0 Å². The molecule has 0 aliphatic heterocycles. The minimum Gasteiger partial charge on any atom is -0.388 e. The highest BCUT2D eigenvalue weighted by Gasteiger charge is 2.09. The third-order valence-electron chi connectivity index (χ3n) is 1.88. The van der Waals surface area contributed by atoms with Crippen LogP contribution in [0.5, 0.6) is 0 Å². The first-order chi connectivity index (χ1) is 6.15. The second kappa shape index (κ2) is 4.99. The molecule has 0 saturated carbocycles. The number of hydrogen-bond donors (Lipinski definition) is 1. The fourth-order valence-electron chi connectivity index (χ4n) is 1.20. The van der Waals surface area contributed by atoms with Gasteiger partial charge in [-0.15, -0.1) is 0 Å². The van der Waals surface area contributed by atoms with Crippen LogP contribution in [0, 0.1) is 0 Å². The second-order valence-electron chi connectivity index (χ2n) is 2.97. The molecular formula is C10H12BrClO. The molecule has 0 unspecified atom stereocenters. The third-order valence-corrected chi connectivity index (χ3v) is 2.81. The Kier molecular flexibility index (Phi) is 4.23. The molecule has 1 nitrogen and oxygen atoms in total. The molecule has 72 valence electrons. The molecule has 0 amide bonds. The highest BCUT2D eigenvalue weighted by Crippen LogP contribution is 2.28. The van der Waals surface area contributed by atoms with E-state index in [0.29, 0.717) is 5.02 Å². The molecule has 0 spiro atoms.